The van der Waals surface area contributed by atoms with Crippen LogP contribution in [-0.2, 0) is 32.6 Å². The van der Waals surface area contributed by atoms with Gasteiger partial charge in [0, 0.05) is 30.0 Å². The van der Waals surface area contributed by atoms with Crippen molar-refractivity contribution >= 4 is 43.5 Å². The number of nitrogens with zero attached hydrogens (tertiary/aromatic N) is 2. The smallest absolute Gasteiger partial charge is 0.244 e. The quantitative estimate of drug-likeness (QED) is 0.248. The Morgan fingerprint density at radius 2 is 1.67 bits per heavy atom. The Morgan fingerprint density at radius 1 is 0.952 bits per heavy atom. The highest BCUT2D eigenvalue weighted by molar-refractivity contribution is 9.10. The summed E-state index contributed by atoms with van der Waals surface area (Å²) in [6.45, 7) is 3.71. The molecule has 1 aliphatic heterocycles. The summed E-state index contributed by atoms with van der Waals surface area (Å²) in [5.41, 5.74) is 1.97. The maximum atomic E-state index is 14.2. The van der Waals surface area contributed by atoms with Crippen LogP contribution >= 0.6 is 15.9 Å². The van der Waals surface area contributed by atoms with Crippen LogP contribution in [0.15, 0.2) is 77.3 Å². The zero-order valence-electron chi connectivity index (χ0n) is 23.8. The van der Waals surface area contributed by atoms with Gasteiger partial charge in [-0.25, -0.2) is 8.42 Å². The summed E-state index contributed by atoms with van der Waals surface area (Å²) in [6.07, 6.45) is 1.98. The standard InChI is InChI=1S/C31H36BrN3O6S/c1-3-5-17-33-31(37)27(18-23-9-7-6-8-10-23)34(20-24-11-13-25(32)14-12-24)30(36)21-35(42(38,39)4-2)26-15-16-28-29(19-26)41-22-40-28/h6-16,19,27H,3-5,17-18,20-22H2,1-2H3,(H,33,37)/t27-/m0/s1. The fraction of sp³-hybridized carbons (Fsp3) is 0.355. The Hall–Kier alpha value is -3.57. The van der Waals surface area contributed by atoms with Gasteiger partial charge in [-0.05, 0) is 48.7 Å². The van der Waals surface area contributed by atoms with Crippen LogP contribution < -0.4 is 19.1 Å². The summed E-state index contributed by atoms with van der Waals surface area (Å²) in [7, 11) is -3.88. The number of unbranched alkanes of at least 4 members (excludes halogenated alkanes) is 1. The van der Waals surface area contributed by atoms with Gasteiger partial charge in [0.15, 0.2) is 11.5 Å². The lowest BCUT2D eigenvalue weighted by molar-refractivity contribution is -0.140. The third-order valence-corrected chi connectivity index (χ3v) is 9.26. The number of sulfonamides is 1. The van der Waals surface area contributed by atoms with Gasteiger partial charge in [0.1, 0.15) is 12.6 Å². The average molecular weight is 659 g/mol. The number of nitrogens with one attached hydrogen (secondary N) is 1. The van der Waals surface area contributed by atoms with Gasteiger partial charge in [-0.1, -0.05) is 71.7 Å². The van der Waals surface area contributed by atoms with Gasteiger partial charge < -0.3 is 19.7 Å². The minimum absolute atomic E-state index is 0.0352. The Morgan fingerprint density at radius 3 is 2.36 bits per heavy atom. The van der Waals surface area contributed by atoms with E-state index in [4.69, 9.17) is 9.47 Å². The van der Waals surface area contributed by atoms with Crippen LogP contribution in [0.4, 0.5) is 5.69 Å². The highest BCUT2D eigenvalue weighted by Crippen LogP contribution is 2.36. The van der Waals surface area contributed by atoms with Crippen molar-refractivity contribution in [2.24, 2.45) is 0 Å². The molecule has 0 aromatic heterocycles. The molecule has 1 N–H and O–H groups in total. The summed E-state index contributed by atoms with van der Waals surface area (Å²) < 4.78 is 39.5. The molecule has 0 aliphatic carbocycles. The fourth-order valence-corrected chi connectivity index (χ4v) is 5.92. The van der Waals surface area contributed by atoms with E-state index in [9.17, 15) is 18.0 Å². The lowest BCUT2D eigenvalue weighted by Gasteiger charge is -2.33. The van der Waals surface area contributed by atoms with Crippen molar-refractivity contribution < 1.29 is 27.5 Å². The van der Waals surface area contributed by atoms with Crippen LogP contribution in [0.3, 0.4) is 0 Å². The number of carbonyl (C=O) groups is 2. The average Bonchev–Trinajstić information content (AvgIpc) is 3.47. The first-order valence-corrected chi connectivity index (χ1v) is 16.4. The Bertz CT molecular complexity index is 1470. The van der Waals surface area contributed by atoms with E-state index >= 15 is 0 Å². The van der Waals surface area contributed by atoms with Gasteiger partial charge in [0.05, 0.1) is 11.4 Å². The Kier molecular flexibility index (Phi) is 10.9. The molecule has 1 atom stereocenters. The van der Waals surface area contributed by atoms with E-state index < -0.39 is 28.5 Å². The molecule has 0 saturated heterocycles. The maximum absolute atomic E-state index is 14.2. The van der Waals surface area contributed by atoms with Crippen LogP contribution in [0.5, 0.6) is 11.5 Å². The highest BCUT2D eigenvalue weighted by atomic mass is 79.9. The predicted octanol–water partition coefficient (Wildman–Crippen LogP) is 4.89. The second-order valence-electron chi connectivity index (χ2n) is 9.94. The van der Waals surface area contributed by atoms with E-state index in [2.05, 4.69) is 21.2 Å². The van der Waals surface area contributed by atoms with Crippen molar-refractivity contribution in [2.45, 2.75) is 45.7 Å². The third-order valence-electron chi connectivity index (χ3n) is 6.99. The van der Waals surface area contributed by atoms with Crippen LogP contribution in [0.2, 0.25) is 0 Å². The molecule has 0 fully saturated rings. The molecular formula is C31H36BrN3O6S. The van der Waals surface area contributed by atoms with Gasteiger partial charge in [0.25, 0.3) is 0 Å². The second-order valence-corrected chi connectivity index (χ2v) is 13.0. The molecule has 2 amide bonds. The van der Waals surface area contributed by atoms with E-state index in [0.29, 0.717) is 18.0 Å². The number of hydrogen-bond acceptors (Lipinski definition) is 6. The summed E-state index contributed by atoms with van der Waals surface area (Å²) in [5, 5.41) is 2.99. The molecule has 0 radical (unpaired) electrons. The molecule has 9 nitrogen and oxygen atoms in total. The van der Waals surface area contributed by atoms with Crippen molar-refractivity contribution in [2.75, 3.05) is 29.9 Å². The molecule has 1 aliphatic rings. The molecule has 1 heterocycles. The molecule has 0 spiro atoms. The van der Waals surface area contributed by atoms with Crippen molar-refractivity contribution in [3.8, 4) is 11.5 Å². The molecule has 224 valence electrons. The Balaban J connectivity index is 1.72. The zero-order valence-corrected chi connectivity index (χ0v) is 26.2. The van der Waals surface area contributed by atoms with E-state index in [1.165, 1.54) is 11.8 Å². The number of carbonyl (C=O) groups excluding carboxylic acids is 2. The number of amides is 2. The van der Waals surface area contributed by atoms with Crippen molar-refractivity contribution in [1.29, 1.82) is 0 Å². The van der Waals surface area contributed by atoms with Crippen molar-refractivity contribution in [3.63, 3.8) is 0 Å². The van der Waals surface area contributed by atoms with Crippen molar-refractivity contribution in [1.82, 2.24) is 10.2 Å². The van der Waals surface area contributed by atoms with Crippen LogP contribution in [0.1, 0.15) is 37.8 Å². The van der Waals surface area contributed by atoms with Crippen molar-refractivity contribution in [3.05, 3.63) is 88.4 Å². The number of rotatable bonds is 14. The lowest BCUT2D eigenvalue weighted by atomic mass is 10.0. The molecule has 3 aromatic carbocycles. The van der Waals surface area contributed by atoms with E-state index in [0.717, 1.165) is 32.7 Å². The monoisotopic (exact) mass is 657 g/mol. The topological polar surface area (TPSA) is 105 Å². The first-order chi connectivity index (χ1) is 20.2. The van der Waals surface area contributed by atoms with E-state index in [1.54, 1.807) is 18.2 Å². The van der Waals surface area contributed by atoms with Gasteiger partial charge in [-0.15, -0.1) is 0 Å². The minimum atomic E-state index is -3.88. The molecule has 0 bridgehead atoms. The number of halogens is 1. The van der Waals surface area contributed by atoms with Gasteiger partial charge in [0.2, 0.25) is 28.6 Å². The molecule has 42 heavy (non-hydrogen) atoms. The summed E-state index contributed by atoms with van der Waals surface area (Å²) in [4.78, 5) is 29.4. The second kappa shape index (κ2) is 14.6. The SMILES string of the molecule is CCCCNC(=O)[C@H](Cc1ccccc1)N(Cc1ccc(Br)cc1)C(=O)CN(c1ccc2c(c1)OCO2)S(=O)(=O)CC. The van der Waals surface area contributed by atoms with Crippen LogP contribution in [0, 0.1) is 0 Å². The van der Waals surface area contributed by atoms with E-state index in [1.807, 2.05) is 61.5 Å². The van der Waals surface area contributed by atoms with Crippen LogP contribution in [-0.4, -0.2) is 56.8 Å². The number of fused-ring (bicyclic) bond motifs is 1. The van der Waals surface area contributed by atoms with E-state index in [-0.39, 0.29) is 37.1 Å². The molecular weight excluding hydrogens is 622 g/mol. The van der Waals surface area contributed by atoms with Gasteiger partial charge in [-0.3, -0.25) is 13.9 Å². The third kappa shape index (κ3) is 8.04. The maximum Gasteiger partial charge on any atom is 0.244 e. The molecule has 3 aromatic rings. The highest BCUT2D eigenvalue weighted by Gasteiger charge is 2.34. The summed E-state index contributed by atoms with van der Waals surface area (Å²) in [5.74, 6) is -0.0977. The largest absolute Gasteiger partial charge is 0.454 e. The molecule has 0 unspecified atom stereocenters. The summed E-state index contributed by atoms with van der Waals surface area (Å²) in [6, 6.07) is 20.9. The Labute approximate surface area is 256 Å². The zero-order chi connectivity index (χ0) is 30.1. The van der Waals surface area contributed by atoms with Gasteiger partial charge in [-0.2, -0.15) is 0 Å². The van der Waals surface area contributed by atoms with Crippen LogP contribution in [0.25, 0.3) is 0 Å². The minimum Gasteiger partial charge on any atom is -0.454 e. The number of benzene rings is 3. The molecule has 0 saturated carbocycles. The summed E-state index contributed by atoms with van der Waals surface area (Å²) >= 11 is 3.44. The fourth-order valence-electron chi connectivity index (χ4n) is 4.61. The van der Waals surface area contributed by atoms with Gasteiger partial charge >= 0.3 is 0 Å². The predicted molar refractivity (Wildman–Crippen MR) is 166 cm³/mol. The molecule has 4 rings (SSSR count). The lowest BCUT2D eigenvalue weighted by Crippen LogP contribution is -2.53. The number of anilines is 1. The normalized spacial score (nSPS) is 12.9. The first kappa shape index (κ1) is 31.4. The molecule has 11 heteroatoms. The first-order valence-electron chi connectivity index (χ1n) is 14.0. The number of hydrogen-bond donors (Lipinski definition) is 1. The number of ether oxygens (including phenoxy) is 2.